The largest absolute Gasteiger partial charge is 0.449 e. The fraction of sp³-hybridized carbons (Fsp3) is 0.300. The normalized spacial score (nSPS) is 13.6. The quantitative estimate of drug-likeness (QED) is 0.849. The van der Waals surface area contributed by atoms with Crippen LogP contribution in [0.15, 0.2) is 48.5 Å². The fourth-order valence-electron chi connectivity index (χ4n) is 3.27. The van der Waals surface area contributed by atoms with Gasteiger partial charge in [-0.3, -0.25) is 4.79 Å². The zero-order valence-electron chi connectivity index (χ0n) is 14.2. The van der Waals surface area contributed by atoms with Crippen molar-refractivity contribution in [3.63, 3.8) is 0 Å². The molecular formula is C20H22N2O3. The highest BCUT2D eigenvalue weighted by molar-refractivity contribution is 5.79. The molecular weight excluding hydrogens is 316 g/mol. The standard InChI is InChI=1S/C20H22N2O3/c1-13(10-11-19(21)23)22-20(24)25-12-18-16-8-4-2-6-14(16)15-7-3-5-9-17(15)18/h2-9,13,18H,10-12H2,1H3,(H2,21,23)(H,22,24). The number of carbonyl (C=O) groups is 2. The summed E-state index contributed by atoms with van der Waals surface area (Å²) in [7, 11) is 0. The van der Waals surface area contributed by atoms with Crippen LogP contribution in [-0.2, 0) is 9.53 Å². The maximum Gasteiger partial charge on any atom is 0.407 e. The number of primary amides is 1. The highest BCUT2D eigenvalue weighted by atomic mass is 16.5. The smallest absolute Gasteiger partial charge is 0.407 e. The first-order valence-corrected chi connectivity index (χ1v) is 8.46. The molecule has 0 fully saturated rings. The molecule has 0 radical (unpaired) electrons. The Kier molecular flexibility index (Phi) is 5.03. The Labute approximate surface area is 147 Å². The van der Waals surface area contributed by atoms with Crippen molar-refractivity contribution >= 4 is 12.0 Å². The van der Waals surface area contributed by atoms with E-state index in [0.29, 0.717) is 6.42 Å². The number of ether oxygens (including phenoxy) is 1. The molecule has 0 aromatic heterocycles. The van der Waals surface area contributed by atoms with Crippen LogP contribution < -0.4 is 11.1 Å². The monoisotopic (exact) mass is 338 g/mol. The zero-order valence-corrected chi connectivity index (χ0v) is 14.2. The van der Waals surface area contributed by atoms with E-state index in [-0.39, 0.29) is 30.9 Å². The molecule has 2 aromatic carbocycles. The molecule has 0 spiro atoms. The van der Waals surface area contributed by atoms with Gasteiger partial charge < -0.3 is 15.8 Å². The van der Waals surface area contributed by atoms with Crippen LogP contribution in [0.3, 0.4) is 0 Å². The third-order valence-corrected chi connectivity index (χ3v) is 4.53. The minimum Gasteiger partial charge on any atom is -0.449 e. The second-order valence-electron chi connectivity index (χ2n) is 6.38. The average molecular weight is 338 g/mol. The Morgan fingerprint density at radius 3 is 2.20 bits per heavy atom. The van der Waals surface area contributed by atoms with E-state index in [1.165, 1.54) is 22.3 Å². The Balaban J connectivity index is 1.63. The van der Waals surface area contributed by atoms with Gasteiger partial charge in [0.2, 0.25) is 5.91 Å². The molecule has 0 heterocycles. The van der Waals surface area contributed by atoms with Crippen molar-refractivity contribution in [1.82, 2.24) is 5.32 Å². The van der Waals surface area contributed by atoms with Crippen LogP contribution in [0.2, 0.25) is 0 Å². The van der Waals surface area contributed by atoms with Crippen LogP contribution >= 0.6 is 0 Å². The maximum absolute atomic E-state index is 12.0. The van der Waals surface area contributed by atoms with Crippen LogP contribution in [0.4, 0.5) is 4.79 Å². The zero-order chi connectivity index (χ0) is 17.8. The number of hydrogen-bond acceptors (Lipinski definition) is 3. The van der Waals surface area contributed by atoms with Crippen molar-refractivity contribution in [3.05, 3.63) is 59.7 Å². The molecule has 25 heavy (non-hydrogen) atoms. The van der Waals surface area contributed by atoms with Gasteiger partial charge in [-0.15, -0.1) is 0 Å². The van der Waals surface area contributed by atoms with Crippen LogP contribution in [0.25, 0.3) is 11.1 Å². The topological polar surface area (TPSA) is 81.4 Å². The summed E-state index contributed by atoms with van der Waals surface area (Å²) in [5, 5.41) is 2.74. The van der Waals surface area contributed by atoms with E-state index in [1.807, 2.05) is 31.2 Å². The van der Waals surface area contributed by atoms with E-state index in [4.69, 9.17) is 10.5 Å². The Morgan fingerprint density at radius 2 is 1.64 bits per heavy atom. The number of fused-ring (bicyclic) bond motifs is 3. The Hall–Kier alpha value is -2.82. The molecule has 1 unspecified atom stereocenters. The van der Waals surface area contributed by atoms with Crippen molar-refractivity contribution in [1.29, 1.82) is 0 Å². The lowest BCUT2D eigenvalue weighted by Gasteiger charge is -2.17. The number of amides is 2. The van der Waals surface area contributed by atoms with Crippen molar-refractivity contribution in [2.45, 2.75) is 31.7 Å². The SMILES string of the molecule is CC(CCC(N)=O)NC(=O)OCC1c2ccccc2-c2ccccc21. The summed E-state index contributed by atoms with van der Waals surface area (Å²) in [6.07, 6.45) is 0.267. The summed E-state index contributed by atoms with van der Waals surface area (Å²) in [6, 6.07) is 16.2. The molecule has 130 valence electrons. The predicted octanol–water partition coefficient (Wildman–Crippen LogP) is 3.18. The summed E-state index contributed by atoms with van der Waals surface area (Å²) in [5.74, 6) is -0.333. The number of nitrogens with two attached hydrogens (primary N) is 1. The minimum absolute atomic E-state index is 0.0408. The maximum atomic E-state index is 12.0. The summed E-state index contributed by atoms with van der Waals surface area (Å²) >= 11 is 0. The minimum atomic E-state index is -0.473. The molecule has 5 nitrogen and oxygen atoms in total. The first kappa shape index (κ1) is 17.0. The molecule has 3 N–H and O–H groups in total. The van der Waals surface area contributed by atoms with Gasteiger partial charge in [-0.25, -0.2) is 4.79 Å². The second kappa shape index (κ2) is 7.38. The van der Waals surface area contributed by atoms with Gasteiger partial charge in [-0.05, 0) is 35.6 Å². The molecule has 1 aliphatic rings. The molecule has 3 rings (SSSR count). The average Bonchev–Trinajstić information content (AvgIpc) is 2.92. The molecule has 1 atom stereocenters. The number of nitrogens with one attached hydrogen (secondary N) is 1. The number of benzene rings is 2. The van der Waals surface area contributed by atoms with Crippen molar-refractivity contribution in [3.8, 4) is 11.1 Å². The van der Waals surface area contributed by atoms with Gasteiger partial charge >= 0.3 is 6.09 Å². The van der Waals surface area contributed by atoms with E-state index in [2.05, 4.69) is 29.6 Å². The highest BCUT2D eigenvalue weighted by Gasteiger charge is 2.29. The van der Waals surface area contributed by atoms with Gasteiger partial charge in [-0.1, -0.05) is 48.5 Å². The van der Waals surface area contributed by atoms with E-state index >= 15 is 0 Å². The molecule has 0 bridgehead atoms. The second-order valence-corrected chi connectivity index (χ2v) is 6.38. The fourth-order valence-corrected chi connectivity index (χ4v) is 3.27. The Bertz CT molecular complexity index is 743. The molecule has 2 aromatic rings. The van der Waals surface area contributed by atoms with Gasteiger partial charge in [0.05, 0.1) is 0 Å². The van der Waals surface area contributed by atoms with Gasteiger partial charge in [0.25, 0.3) is 0 Å². The molecule has 1 aliphatic carbocycles. The number of hydrogen-bond donors (Lipinski definition) is 2. The van der Waals surface area contributed by atoms with Crippen molar-refractivity contribution in [2.24, 2.45) is 5.73 Å². The van der Waals surface area contributed by atoms with Gasteiger partial charge in [0.1, 0.15) is 6.61 Å². The lowest BCUT2D eigenvalue weighted by molar-refractivity contribution is -0.118. The van der Waals surface area contributed by atoms with Crippen LogP contribution in [0.5, 0.6) is 0 Å². The first-order chi connectivity index (χ1) is 12.1. The number of alkyl carbamates (subject to hydrolysis) is 1. The van der Waals surface area contributed by atoms with Gasteiger partial charge in [0.15, 0.2) is 0 Å². The van der Waals surface area contributed by atoms with Crippen molar-refractivity contribution < 1.29 is 14.3 Å². The van der Waals surface area contributed by atoms with Crippen molar-refractivity contribution in [2.75, 3.05) is 6.61 Å². The Morgan fingerprint density at radius 1 is 1.08 bits per heavy atom. The van der Waals surface area contributed by atoms with Crippen LogP contribution in [0, 0.1) is 0 Å². The van der Waals surface area contributed by atoms with E-state index in [9.17, 15) is 9.59 Å². The van der Waals surface area contributed by atoms with E-state index in [0.717, 1.165) is 0 Å². The summed E-state index contributed by atoms with van der Waals surface area (Å²) < 4.78 is 5.45. The summed E-state index contributed by atoms with van der Waals surface area (Å²) in [5.41, 5.74) is 9.87. The summed E-state index contributed by atoms with van der Waals surface area (Å²) in [6.45, 7) is 2.10. The van der Waals surface area contributed by atoms with E-state index < -0.39 is 6.09 Å². The van der Waals surface area contributed by atoms with Crippen LogP contribution in [-0.4, -0.2) is 24.6 Å². The number of carbonyl (C=O) groups excluding carboxylic acids is 2. The van der Waals surface area contributed by atoms with Gasteiger partial charge in [-0.2, -0.15) is 0 Å². The molecule has 0 saturated carbocycles. The molecule has 2 amide bonds. The number of rotatable bonds is 6. The third-order valence-electron chi connectivity index (χ3n) is 4.53. The first-order valence-electron chi connectivity index (χ1n) is 8.46. The molecule has 0 saturated heterocycles. The molecule has 0 aliphatic heterocycles. The van der Waals surface area contributed by atoms with Gasteiger partial charge in [0, 0.05) is 18.4 Å². The predicted molar refractivity (Wildman–Crippen MR) is 96.1 cm³/mol. The lowest BCUT2D eigenvalue weighted by atomic mass is 9.98. The highest BCUT2D eigenvalue weighted by Crippen LogP contribution is 2.44. The third kappa shape index (κ3) is 3.82. The summed E-state index contributed by atoms with van der Waals surface area (Å²) in [4.78, 5) is 22.8. The van der Waals surface area contributed by atoms with E-state index in [1.54, 1.807) is 0 Å². The van der Waals surface area contributed by atoms with Crippen LogP contribution in [0.1, 0.15) is 36.8 Å². The molecule has 5 heteroatoms. The lowest BCUT2D eigenvalue weighted by Crippen LogP contribution is -2.34.